The number of aromatic nitrogens is 10. The van der Waals surface area contributed by atoms with E-state index in [0.717, 1.165) is 19.3 Å². The van der Waals surface area contributed by atoms with Crippen LogP contribution in [0.2, 0.25) is 44.3 Å². The molecule has 6 aliphatic rings. The van der Waals surface area contributed by atoms with Crippen molar-refractivity contribution in [2.75, 3.05) is 59.9 Å². The van der Waals surface area contributed by atoms with E-state index in [-0.39, 0.29) is 122 Å². The zero-order valence-electron chi connectivity index (χ0n) is 63.3. The monoisotopic (exact) mass is 1580 g/mol. The quantitative estimate of drug-likeness (QED) is 0.0684. The van der Waals surface area contributed by atoms with Crippen molar-refractivity contribution >= 4 is 134 Å². The Hall–Kier alpha value is -4.72. The van der Waals surface area contributed by atoms with Crippen LogP contribution in [0.5, 0.6) is 0 Å². The van der Waals surface area contributed by atoms with E-state index in [4.69, 9.17) is 69.3 Å². The highest BCUT2D eigenvalue weighted by atomic mass is 32.2. The molecule has 0 radical (unpaired) electrons. The Morgan fingerprint density at radius 2 is 0.883 bits per heavy atom. The summed E-state index contributed by atoms with van der Waals surface area (Å²) in [4.78, 5) is 57.9. The SMILES string of the molecule is CC(C)C(=O)Nc1ncnc2c1ncn2[C@@H]1O[C@@H]2CO[Si](C(C)C)(C(C)C)O[Si](C(C)C)(C(C)C)OC2[C@@H]1OC(=S)N1CCS(=O)(=O)CC1.CC(C)C(=O)Nc1ncnc2c1ncn2[C@@H]1O[C@@H]2CO[Si](C(C)C)(C(C)C)O[Si](C(C)C)(C(C)C)OC2[C@@H]1OC(=S)n1ccnc1.O=S1(=O)CCCCC1. The summed E-state index contributed by atoms with van der Waals surface area (Å²) in [6, 6.07) is 0. The molecule has 103 heavy (non-hydrogen) atoms. The largest absolute Gasteiger partial charge is 0.460 e. The van der Waals surface area contributed by atoms with Gasteiger partial charge in [-0.15, -0.1) is 0 Å². The molecule has 0 spiro atoms. The zero-order chi connectivity index (χ0) is 75.6. The number of carbonyl (C=O) groups excluding carboxylic acids is 2. The van der Waals surface area contributed by atoms with E-state index in [1.54, 1.807) is 63.8 Å². The highest BCUT2D eigenvalue weighted by molar-refractivity contribution is 7.91. The minimum Gasteiger partial charge on any atom is -0.460 e. The second-order valence-electron chi connectivity index (χ2n) is 30.6. The van der Waals surface area contributed by atoms with Gasteiger partial charge in [0.2, 0.25) is 11.8 Å². The molecule has 8 atom stereocenters. The average Bonchev–Trinajstić information content (AvgIpc) is 1.66. The lowest BCUT2D eigenvalue weighted by Gasteiger charge is -2.51. The first-order valence-corrected chi connectivity index (χ1v) is 48.6. The highest BCUT2D eigenvalue weighted by Gasteiger charge is 2.65. The third-order valence-electron chi connectivity index (χ3n) is 20.2. The molecule has 11 heterocycles. The summed E-state index contributed by atoms with van der Waals surface area (Å²) in [5.74, 6) is 0.579. The topological polar surface area (TPSA) is 327 Å². The summed E-state index contributed by atoms with van der Waals surface area (Å²) in [7, 11) is -17.5. The Labute approximate surface area is 622 Å². The Balaban J connectivity index is 0.000000216. The molecule has 2 unspecified atom stereocenters. The van der Waals surface area contributed by atoms with Crippen LogP contribution in [0.3, 0.4) is 0 Å². The number of imidazole rings is 3. The fourth-order valence-electron chi connectivity index (χ4n) is 14.3. The molecule has 6 saturated heterocycles. The minimum absolute atomic E-state index is 0.00683. The van der Waals surface area contributed by atoms with Crippen LogP contribution < -0.4 is 10.6 Å². The van der Waals surface area contributed by atoms with Gasteiger partial charge in [0.25, 0.3) is 10.3 Å². The Morgan fingerprint density at radius 3 is 1.22 bits per heavy atom. The van der Waals surface area contributed by atoms with Gasteiger partial charge in [-0.2, -0.15) is 0 Å². The number of hydrogen-bond acceptors (Lipinski definition) is 25. The number of hydrogen-bond donors (Lipinski definition) is 2. The van der Waals surface area contributed by atoms with E-state index in [9.17, 15) is 26.4 Å². The molecule has 574 valence electrons. The maximum Gasteiger partial charge on any atom is 0.335 e. The van der Waals surface area contributed by atoms with Crippen LogP contribution >= 0.6 is 24.4 Å². The number of fused-ring (bicyclic) bond motifs is 4. The summed E-state index contributed by atoms with van der Waals surface area (Å²) >= 11 is 11.6. The van der Waals surface area contributed by atoms with Crippen molar-refractivity contribution < 1.29 is 71.3 Å². The van der Waals surface area contributed by atoms with Gasteiger partial charge in [-0.25, -0.2) is 51.7 Å². The van der Waals surface area contributed by atoms with Gasteiger partial charge in [0, 0.05) is 37.3 Å². The van der Waals surface area contributed by atoms with Crippen molar-refractivity contribution in [2.24, 2.45) is 11.8 Å². The maximum atomic E-state index is 12.6. The van der Waals surface area contributed by atoms with Gasteiger partial charge in [0.05, 0.1) is 48.9 Å². The van der Waals surface area contributed by atoms with E-state index in [0.29, 0.717) is 39.7 Å². The molecule has 0 bridgehead atoms. The molecule has 5 aromatic heterocycles. The van der Waals surface area contributed by atoms with Crippen LogP contribution in [0, 0.1) is 11.8 Å². The summed E-state index contributed by atoms with van der Waals surface area (Å²) in [6.45, 7) is 42.9. The molecule has 0 aromatic carbocycles. The van der Waals surface area contributed by atoms with Crippen LogP contribution in [-0.4, -0.2) is 213 Å². The van der Waals surface area contributed by atoms with Crippen molar-refractivity contribution in [3.8, 4) is 0 Å². The van der Waals surface area contributed by atoms with E-state index < -0.39 is 103 Å². The molecular formula is C66H109N13O16S4Si4. The van der Waals surface area contributed by atoms with Crippen molar-refractivity contribution in [1.29, 1.82) is 0 Å². The fourth-order valence-corrected chi connectivity index (χ4v) is 39.9. The van der Waals surface area contributed by atoms with Gasteiger partial charge in [-0.3, -0.25) is 23.3 Å². The second-order valence-corrected chi connectivity index (χ2v) is 53.6. The number of anilines is 2. The van der Waals surface area contributed by atoms with E-state index in [1.807, 2.05) is 13.8 Å². The van der Waals surface area contributed by atoms with Crippen LogP contribution in [0.25, 0.3) is 22.3 Å². The second kappa shape index (κ2) is 33.4. The summed E-state index contributed by atoms with van der Waals surface area (Å²) in [5, 5.41) is 6.07. The third kappa shape index (κ3) is 17.6. The number of sulfone groups is 2. The maximum absolute atomic E-state index is 12.6. The molecule has 29 nitrogen and oxygen atoms in total. The van der Waals surface area contributed by atoms with E-state index in [2.05, 4.69) is 156 Å². The van der Waals surface area contributed by atoms with Gasteiger partial charge in [-0.05, 0) is 81.6 Å². The van der Waals surface area contributed by atoms with Crippen molar-refractivity contribution in [1.82, 2.24) is 53.5 Å². The smallest absolute Gasteiger partial charge is 0.335 e. The summed E-state index contributed by atoms with van der Waals surface area (Å²) < 4.78 is 121. The Bertz CT molecular complexity index is 3940. The van der Waals surface area contributed by atoms with E-state index >= 15 is 0 Å². The number of amides is 2. The van der Waals surface area contributed by atoms with E-state index in [1.165, 1.54) is 12.7 Å². The minimum atomic E-state index is -3.14. The first kappa shape index (κ1) is 82.3. The lowest BCUT2D eigenvalue weighted by Crippen LogP contribution is -2.66. The standard InChI is InChI=1S/C31H52N6O8S2Si2.C30H47N7O6SSi2.C5H10O2S/c1-18(2)29(38)35-27-24-28(33-16-32-27)37(17-34-24)30-26(43-31(46)36-11-13-47(39,40)14-12-36)25-23(42-30)15-41-48(19(3)4,20(5)6)45-49(44-25,21(7)8)22(9)10;1-17(2)28(38)35-26-23-27(33-14-32-26)37(16-34-23)29-25(41-30(44)36-12-11-31-15-36)24-22(40-29)13-39-45(18(3)4,19(5)6)43-46(42-24,20(7)8)21(9)10;6-8(7)4-2-1-3-5-8/h16-23,25-26,30H,11-15H2,1-10H3,(H,32,33,35,38);11-12,14-22,24-25,29H,13H2,1-10H3,(H,32,33,35,38);1-5H2/t23-,25?,26+,30-;22-,24?,25+,29-;/m11./s1. The zero-order valence-corrected chi connectivity index (χ0v) is 70.6. The summed E-state index contributed by atoms with van der Waals surface area (Å²) in [6.07, 6.45) is 8.37. The molecule has 0 saturated carbocycles. The third-order valence-corrected chi connectivity index (χ3v) is 44.8. The number of nitrogens with one attached hydrogen (secondary N) is 2. The molecule has 2 N–H and O–H groups in total. The number of ether oxygens (including phenoxy) is 4. The number of carbonyl (C=O) groups is 2. The predicted molar refractivity (Wildman–Crippen MR) is 408 cm³/mol. The van der Waals surface area contributed by atoms with Crippen LogP contribution in [0.1, 0.15) is 170 Å². The summed E-state index contributed by atoms with van der Waals surface area (Å²) in [5.41, 5.74) is 2.73. The van der Waals surface area contributed by atoms with Gasteiger partial charge < -0.3 is 60.4 Å². The van der Waals surface area contributed by atoms with Crippen LogP contribution in [0.4, 0.5) is 11.6 Å². The van der Waals surface area contributed by atoms with Gasteiger partial charge >= 0.3 is 34.2 Å². The van der Waals surface area contributed by atoms with Crippen molar-refractivity contribution in [3.63, 3.8) is 0 Å². The molecule has 6 fully saturated rings. The van der Waals surface area contributed by atoms with Crippen molar-refractivity contribution in [2.45, 2.75) is 251 Å². The molecule has 6 aliphatic heterocycles. The van der Waals surface area contributed by atoms with Crippen LogP contribution in [0.15, 0.2) is 44.0 Å². The Morgan fingerprint density at radius 1 is 0.505 bits per heavy atom. The highest BCUT2D eigenvalue weighted by Crippen LogP contribution is 2.52. The number of thiocarbonyl (C=S) groups is 2. The molecule has 5 aromatic rings. The molecule has 37 heteroatoms. The predicted octanol–water partition coefficient (Wildman–Crippen LogP) is 10.9. The first-order valence-electron chi connectivity index (χ1n) is 36.2. The van der Waals surface area contributed by atoms with Gasteiger partial charge in [0.1, 0.15) is 53.2 Å². The fraction of sp³-hybridized carbons (Fsp3) is 0.742. The molecule has 0 aliphatic carbocycles. The number of rotatable bonds is 16. The normalized spacial score (nSPS) is 25.8. The lowest BCUT2D eigenvalue weighted by molar-refractivity contribution is -0.119. The Kier molecular flexibility index (Phi) is 26.7. The van der Waals surface area contributed by atoms with Crippen molar-refractivity contribution in [3.05, 3.63) is 44.0 Å². The van der Waals surface area contributed by atoms with Gasteiger partial charge in [0.15, 0.2) is 68.5 Å². The molecule has 11 rings (SSSR count). The molecule has 2 amide bonds. The van der Waals surface area contributed by atoms with Crippen LogP contribution in [-0.2, 0) is 74.1 Å². The lowest BCUT2D eigenvalue weighted by atomic mass is 10.1. The average molecular weight is 1580 g/mol. The number of nitrogens with zero attached hydrogens (tertiary/aromatic N) is 11. The van der Waals surface area contributed by atoms with Gasteiger partial charge in [-0.1, -0.05) is 145 Å². The molecular weight excluding hydrogens is 1470 g/mol. The first-order chi connectivity index (χ1) is 48.3.